The van der Waals surface area contributed by atoms with Crippen molar-refractivity contribution in [3.8, 4) is 5.88 Å². The quantitative estimate of drug-likeness (QED) is 0.350. The predicted molar refractivity (Wildman–Crippen MR) is 121 cm³/mol. The highest BCUT2D eigenvalue weighted by Crippen LogP contribution is 2.18. The van der Waals surface area contributed by atoms with E-state index in [1.807, 2.05) is 24.3 Å². The fourth-order valence-electron chi connectivity index (χ4n) is 3.48. The molecule has 0 radical (unpaired) electrons. The molecule has 33 heavy (non-hydrogen) atoms. The van der Waals surface area contributed by atoms with Crippen LogP contribution in [0.2, 0.25) is 0 Å². The summed E-state index contributed by atoms with van der Waals surface area (Å²) in [5.74, 6) is -0.487. The molecule has 10 nitrogen and oxygen atoms in total. The zero-order valence-electron chi connectivity index (χ0n) is 17.7. The van der Waals surface area contributed by atoms with Gasteiger partial charge in [0.25, 0.3) is 5.56 Å². The number of ether oxygens (including phenoxy) is 1. The van der Waals surface area contributed by atoms with Crippen molar-refractivity contribution < 1.29 is 19.7 Å². The second-order valence-corrected chi connectivity index (χ2v) is 7.53. The Hall–Kier alpha value is -4.18. The zero-order valence-corrected chi connectivity index (χ0v) is 17.7. The SMILES string of the molecule is Nc1nc2ccccc2n1CC(O)CCOc1ccc(=O)n(Cc2cccc(C(=O)O)c2)n1. The van der Waals surface area contributed by atoms with Crippen molar-refractivity contribution in [2.24, 2.45) is 0 Å². The molecule has 10 heteroatoms. The largest absolute Gasteiger partial charge is 0.478 e. The van der Waals surface area contributed by atoms with Crippen LogP contribution in [-0.2, 0) is 13.1 Å². The third-order valence-corrected chi connectivity index (χ3v) is 5.13. The number of anilines is 1. The van der Waals surface area contributed by atoms with Crippen LogP contribution in [0.5, 0.6) is 5.88 Å². The standard InChI is InChI=1S/C23H23N5O5/c24-23-25-18-6-1-2-7-19(18)27(23)14-17(29)10-11-33-20-8-9-21(30)28(26-20)13-15-4-3-5-16(12-15)22(31)32/h1-9,12,17,29H,10-11,13-14H2,(H2,24,25)(H,31,32). The van der Waals surface area contributed by atoms with Gasteiger partial charge in [0.2, 0.25) is 11.8 Å². The van der Waals surface area contributed by atoms with Crippen LogP contribution < -0.4 is 16.0 Å². The van der Waals surface area contributed by atoms with Crippen LogP contribution in [0.3, 0.4) is 0 Å². The zero-order chi connectivity index (χ0) is 23.4. The summed E-state index contributed by atoms with van der Waals surface area (Å²) in [5, 5.41) is 23.8. The van der Waals surface area contributed by atoms with E-state index >= 15 is 0 Å². The molecule has 1 unspecified atom stereocenters. The maximum absolute atomic E-state index is 12.2. The van der Waals surface area contributed by atoms with Crippen LogP contribution in [0, 0.1) is 0 Å². The first kappa shape index (κ1) is 22.0. The minimum atomic E-state index is -1.04. The Kier molecular flexibility index (Phi) is 6.36. The molecule has 4 N–H and O–H groups in total. The molecule has 0 spiro atoms. The van der Waals surface area contributed by atoms with Crippen molar-refractivity contribution in [1.29, 1.82) is 0 Å². The van der Waals surface area contributed by atoms with E-state index in [1.54, 1.807) is 16.7 Å². The van der Waals surface area contributed by atoms with E-state index in [9.17, 15) is 14.7 Å². The molecule has 1 atom stereocenters. The van der Waals surface area contributed by atoms with Gasteiger partial charge in [-0.15, -0.1) is 5.10 Å². The Balaban J connectivity index is 1.37. The molecule has 0 amide bonds. The van der Waals surface area contributed by atoms with Gasteiger partial charge in [-0.3, -0.25) is 4.79 Å². The first-order chi connectivity index (χ1) is 15.9. The second-order valence-electron chi connectivity index (χ2n) is 7.53. The normalized spacial score (nSPS) is 12.0. The van der Waals surface area contributed by atoms with Gasteiger partial charge in [-0.2, -0.15) is 0 Å². The highest BCUT2D eigenvalue weighted by Gasteiger charge is 2.13. The summed E-state index contributed by atoms with van der Waals surface area (Å²) in [5.41, 5.74) is 8.00. The van der Waals surface area contributed by atoms with Gasteiger partial charge < -0.3 is 25.3 Å². The van der Waals surface area contributed by atoms with Crippen molar-refractivity contribution in [1.82, 2.24) is 19.3 Å². The number of aromatic nitrogens is 4. The molecule has 0 aliphatic heterocycles. The topological polar surface area (TPSA) is 145 Å². The van der Waals surface area contributed by atoms with E-state index in [0.717, 1.165) is 11.0 Å². The molecule has 0 saturated heterocycles. The number of nitrogens with two attached hydrogens (primary N) is 1. The summed E-state index contributed by atoms with van der Waals surface area (Å²) in [4.78, 5) is 27.6. The van der Waals surface area contributed by atoms with E-state index in [2.05, 4.69) is 10.1 Å². The molecule has 2 aromatic heterocycles. The monoisotopic (exact) mass is 449 g/mol. The van der Waals surface area contributed by atoms with Crippen molar-refractivity contribution in [3.05, 3.63) is 82.1 Å². The van der Waals surface area contributed by atoms with Crippen molar-refractivity contribution in [3.63, 3.8) is 0 Å². The van der Waals surface area contributed by atoms with Gasteiger partial charge in [-0.1, -0.05) is 24.3 Å². The van der Waals surface area contributed by atoms with Gasteiger partial charge in [-0.25, -0.2) is 14.5 Å². The van der Waals surface area contributed by atoms with Crippen LogP contribution in [0.15, 0.2) is 65.5 Å². The summed E-state index contributed by atoms with van der Waals surface area (Å²) < 4.78 is 8.58. The molecule has 4 aromatic rings. The summed E-state index contributed by atoms with van der Waals surface area (Å²) in [6, 6.07) is 16.6. The molecule has 0 saturated carbocycles. The number of aromatic carboxylic acids is 1. The number of rotatable bonds is 9. The number of hydrogen-bond donors (Lipinski definition) is 3. The lowest BCUT2D eigenvalue weighted by molar-refractivity contribution is 0.0696. The molecule has 0 aliphatic rings. The summed E-state index contributed by atoms with van der Waals surface area (Å²) in [7, 11) is 0. The summed E-state index contributed by atoms with van der Waals surface area (Å²) >= 11 is 0. The Morgan fingerprint density at radius 3 is 2.76 bits per heavy atom. The van der Waals surface area contributed by atoms with E-state index in [0.29, 0.717) is 17.9 Å². The molecule has 0 aliphatic carbocycles. The number of carboxylic acid groups (broad SMARTS) is 1. The van der Waals surface area contributed by atoms with Gasteiger partial charge in [0, 0.05) is 18.6 Å². The van der Waals surface area contributed by atoms with E-state index in [-0.39, 0.29) is 36.7 Å². The third kappa shape index (κ3) is 5.18. The average molecular weight is 449 g/mol. The maximum Gasteiger partial charge on any atom is 0.335 e. The van der Waals surface area contributed by atoms with Crippen LogP contribution in [0.4, 0.5) is 5.95 Å². The molecule has 2 heterocycles. The number of aliphatic hydroxyl groups excluding tert-OH is 1. The van der Waals surface area contributed by atoms with Crippen molar-refractivity contribution >= 4 is 23.0 Å². The van der Waals surface area contributed by atoms with Crippen molar-refractivity contribution in [2.75, 3.05) is 12.3 Å². The molecule has 0 bridgehead atoms. The van der Waals surface area contributed by atoms with Crippen molar-refractivity contribution in [2.45, 2.75) is 25.6 Å². The molecular formula is C23H23N5O5. The number of carbonyl (C=O) groups is 1. The summed E-state index contributed by atoms with van der Waals surface area (Å²) in [6.45, 7) is 0.544. The van der Waals surface area contributed by atoms with Gasteiger partial charge in [0.15, 0.2) is 0 Å². The number of imidazole rings is 1. The Morgan fingerprint density at radius 2 is 1.94 bits per heavy atom. The highest BCUT2D eigenvalue weighted by molar-refractivity contribution is 5.87. The van der Waals surface area contributed by atoms with Gasteiger partial charge in [-0.05, 0) is 29.8 Å². The number of nitrogens with zero attached hydrogens (tertiary/aromatic N) is 4. The summed E-state index contributed by atoms with van der Waals surface area (Å²) in [6.07, 6.45) is -0.414. The third-order valence-electron chi connectivity index (χ3n) is 5.13. The number of carboxylic acids is 1. The number of nitrogen functional groups attached to an aromatic ring is 1. The number of para-hydroxylation sites is 2. The molecule has 0 fully saturated rings. The minimum Gasteiger partial charge on any atom is -0.478 e. The van der Waals surface area contributed by atoms with Crippen LogP contribution in [0.25, 0.3) is 11.0 Å². The van der Waals surface area contributed by atoms with E-state index in [4.69, 9.17) is 15.6 Å². The molecule has 4 rings (SSSR count). The Labute approximate surface area is 188 Å². The first-order valence-corrected chi connectivity index (χ1v) is 10.3. The number of hydrogen-bond acceptors (Lipinski definition) is 7. The number of benzene rings is 2. The van der Waals surface area contributed by atoms with E-state index < -0.39 is 12.1 Å². The molecule has 2 aromatic carbocycles. The molecular weight excluding hydrogens is 426 g/mol. The minimum absolute atomic E-state index is 0.104. The predicted octanol–water partition coefficient (Wildman–Crippen LogP) is 1.75. The fraction of sp³-hybridized carbons (Fsp3) is 0.217. The number of aliphatic hydroxyl groups is 1. The maximum atomic E-state index is 12.2. The van der Waals surface area contributed by atoms with E-state index in [1.165, 1.54) is 28.9 Å². The fourth-order valence-corrected chi connectivity index (χ4v) is 3.48. The van der Waals surface area contributed by atoms with Gasteiger partial charge in [0.1, 0.15) is 0 Å². The first-order valence-electron chi connectivity index (χ1n) is 10.3. The lowest BCUT2D eigenvalue weighted by Gasteiger charge is -2.14. The van der Waals surface area contributed by atoms with Crippen LogP contribution >= 0.6 is 0 Å². The second kappa shape index (κ2) is 9.53. The smallest absolute Gasteiger partial charge is 0.335 e. The number of fused-ring (bicyclic) bond motifs is 1. The van der Waals surface area contributed by atoms with Gasteiger partial charge >= 0.3 is 5.97 Å². The van der Waals surface area contributed by atoms with Crippen LogP contribution in [-0.4, -0.2) is 48.2 Å². The Morgan fingerprint density at radius 1 is 1.12 bits per heavy atom. The lowest BCUT2D eigenvalue weighted by Crippen LogP contribution is -2.24. The van der Waals surface area contributed by atoms with Crippen LogP contribution in [0.1, 0.15) is 22.3 Å². The van der Waals surface area contributed by atoms with Gasteiger partial charge in [0.05, 0.1) is 42.4 Å². The average Bonchev–Trinajstić information content (AvgIpc) is 3.11. The highest BCUT2D eigenvalue weighted by atomic mass is 16.5. The molecule has 170 valence electrons. The Bertz CT molecular complexity index is 1350. The lowest BCUT2D eigenvalue weighted by atomic mass is 10.1.